The number of nitrogens with one attached hydrogen (secondary N) is 1. The van der Waals surface area contributed by atoms with E-state index in [9.17, 15) is 9.59 Å². The lowest BCUT2D eigenvalue weighted by molar-refractivity contribution is -0.131. The van der Waals surface area contributed by atoms with Crippen LogP contribution in [-0.2, 0) is 21.5 Å². The van der Waals surface area contributed by atoms with E-state index in [1.165, 1.54) is 55.9 Å². The molecule has 1 atom stereocenters. The fraction of sp³-hybridized carbons (Fsp3) is 0.600. The van der Waals surface area contributed by atoms with Gasteiger partial charge in [-0.05, 0) is 96.1 Å². The lowest BCUT2D eigenvalue weighted by Crippen LogP contribution is -2.49. The molecule has 6 heterocycles. The van der Waals surface area contributed by atoms with Crippen molar-refractivity contribution >= 4 is 33.2 Å². The number of hydrogen-bond donors (Lipinski definition) is 1. The zero-order chi connectivity index (χ0) is 29.9. The molecule has 1 amide bonds. The van der Waals surface area contributed by atoms with Crippen molar-refractivity contribution in [2.75, 3.05) is 58.9 Å². The number of fused-ring (bicyclic) bond motifs is 3. The highest BCUT2D eigenvalue weighted by Crippen LogP contribution is 2.44. The third kappa shape index (κ3) is 5.49. The second kappa shape index (κ2) is 11.4. The Hall–Kier alpha value is -2.52. The molecular formula is C35H47N5O2S. The van der Waals surface area contributed by atoms with Crippen molar-refractivity contribution in [2.24, 2.45) is 5.92 Å². The Bertz CT molecular complexity index is 1480. The molecule has 1 unspecified atom stereocenters. The first-order chi connectivity index (χ1) is 20.7. The summed E-state index contributed by atoms with van der Waals surface area (Å²) in [4.78, 5) is 42.3. The number of aromatic amines is 1. The quantitative estimate of drug-likeness (QED) is 0.385. The van der Waals surface area contributed by atoms with Gasteiger partial charge in [-0.15, -0.1) is 11.3 Å². The van der Waals surface area contributed by atoms with Crippen LogP contribution in [0.3, 0.4) is 0 Å². The van der Waals surface area contributed by atoms with Gasteiger partial charge in [0.25, 0.3) is 0 Å². The summed E-state index contributed by atoms with van der Waals surface area (Å²) < 4.78 is 0. The molecule has 0 radical (unpaired) electrons. The zero-order valence-corrected chi connectivity index (χ0v) is 27.2. The van der Waals surface area contributed by atoms with Gasteiger partial charge in [0.05, 0.1) is 23.7 Å². The highest BCUT2D eigenvalue weighted by molar-refractivity contribution is 7.19. The minimum atomic E-state index is -0.509. The topological polar surface area (TPSA) is 62.9 Å². The smallest absolute Gasteiger partial charge is 0.236 e. The fourth-order valence-electron chi connectivity index (χ4n) is 8.14. The van der Waals surface area contributed by atoms with Crippen LogP contribution in [0.25, 0.3) is 21.5 Å². The molecule has 2 aromatic heterocycles. The molecule has 4 aliphatic rings. The van der Waals surface area contributed by atoms with Gasteiger partial charge in [-0.1, -0.05) is 17.2 Å². The van der Waals surface area contributed by atoms with E-state index in [1.54, 1.807) is 11.3 Å². The summed E-state index contributed by atoms with van der Waals surface area (Å²) in [6.45, 7) is 17.8. The highest BCUT2D eigenvalue weighted by Gasteiger charge is 2.49. The van der Waals surface area contributed by atoms with Crippen LogP contribution in [0.5, 0.6) is 0 Å². The van der Waals surface area contributed by atoms with E-state index in [4.69, 9.17) is 0 Å². The fourth-order valence-corrected chi connectivity index (χ4v) is 9.34. The maximum Gasteiger partial charge on any atom is 0.236 e. The molecule has 0 saturated carbocycles. The molecule has 4 fully saturated rings. The number of piperidine rings is 1. The minimum absolute atomic E-state index is 0.0920. The number of carbonyl (C=O) groups excluding carboxylic acids is 2. The predicted octanol–water partition coefficient (Wildman–Crippen LogP) is 5.19. The van der Waals surface area contributed by atoms with Crippen molar-refractivity contribution in [3.05, 3.63) is 45.8 Å². The Morgan fingerprint density at radius 1 is 0.884 bits per heavy atom. The van der Waals surface area contributed by atoms with Crippen LogP contribution in [-0.4, -0.2) is 101 Å². The Balaban J connectivity index is 1.15. The number of H-pyrrole nitrogens is 1. The molecule has 2 bridgehead atoms. The molecule has 8 heteroatoms. The molecule has 43 heavy (non-hydrogen) atoms. The number of Topliss-reactive ketones (excluding diaryl/α,β-unsaturated/α-hetero) is 1. The number of aromatic nitrogens is 1. The maximum atomic E-state index is 14.0. The summed E-state index contributed by atoms with van der Waals surface area (Å²) in [6, 6.07) is 9.22. The Kier molecular flexibility index (Phi) is 7.77. The van der Waals surface area contributed by atoms with Crippen LogP contribution < -0.4 is 0 Å². The molecule has 1 aromatic carbocycles. The second-order valence-corrected chi connectivity index (χ2v) is 15.2. The molecule has 230 valence electrons. The third-order valence-corrected chi connectivity index (χ3v) is 12.1. The van der Waals surface area contributed by atoms with Crippen LogP contribution in [0.2, 0.25) is 0 Å². The van der Waals surface area contributed by atoms with E-state index in [-0.39, 0.29) is 6.04 Å². The number of ketones is 1. The molecule has 7 rings (SSSR count). The standard InChI is InChI=1S/C35H47N5O2S/c1-23-17-24(2)19-26(18-23)31-28(21-37-13-15-38(16-14-37)22-30(41)39-9-5-6-10-39)27-20-29(43-34(27)36-31)35(3,4)33(42)32-25-7-11-40(32)12-8-25/h17-20,25,32,36H,5-16,21-22H2,1-4H3. The Morgan fingerprint density at radius 3 is 2.16 bits per heavy atom. The molecule has 4 aliphatic heterocycles. The number of carbonyl (C=O) groups is 2. The van der Waals surface area contributed by atoms with Crippen molar-refractivity contribution in [3.8, 4) is 11.3 Å². The summed E-state index contributed by atoms with van der Waals surface area (Å²) in [5.41, 5.74) is 5.79. The second-order valence-electron chi connectivity index (χ2n) is 14.2. The Morgan fingerprint density at radius 2 is 1.53 bits per heavy atom. The van der Waals surface area contributed by atoms with Gasteiger partial charge in [-0.2, -0.15) is 0 Å². The summed E-state index contributed by atoms with van der Waals surface area (Å²) in [6.07, 6.45) is 4.62. The summed E-state index contributed by atoms with van der Waals surface area (Å²) in [5.74, 6) is 1.22. The normalized spacial score (nSPS) is 24.9. The summed E-state index contributed by atoms with van der Waals surface area (Å²) in [7, 11) is 0. The number of thiophene rings is 1. The van der Waals surface area contributed by atoms with Gasteiger partial charge >= 0.3 is 0 Å². The number of likely N-dealkylation sites (tertiary alicyclic amines) is 1. The molecule has 4 saturated heterocycles. The summed E-state index contributed by atoms with van der Waals surface area (Å²) in [5, 5.41) is 1.26. The third-order valence-electron chi connectivity index (χ3n) is 10.7. The predicted molar refractivity (Wildman–Crippen MR) is 175 cm³/mol. The Labute approximate surface area is 260 Å². The molecule has 0 aliphatic carbocycles. The van der Waals surface area contributed by atoms with Crippen molar-refractivity contribution in [1.29, 1.82) is 0 Å². The lowest BCUT2D eigenvalue weighted by atomic mass is 9.79. The van der Waals surface area contributed by atoms with E-state index in [1.807, 2.05) is 4.90 Å². The van der Waals surface area contributed by atoms with E-state index >= 15 is 0 Å². The molecule has 3 aromatic rings. The molecule has 7 nitrogen and oxygen atoms in total. The van der Waals surface area contributed by atoms with E-state index < -0.39 is 5.41 Å². The average Bonchev–Trinajstić information content (AvgIpc) is 3.81. The van der Waals surface area contributed by atoms with Gasteiger partial charge < -0.3 is 9.88 Å². The van der Waals surface area contributed by atoms with E-state index in [0.29, 0.717) is 24.2 Å². The first kappa shape index (κ1) is 29.2. The average molecular weight is 602 g/mol. The number of aryl methyl sites for hydroxylation is 2. The van der Waals surface area contributed by atoms with Gasteiger partial charge in [0.1, 0.15) is 4.83 Å². The number of piperazine rings is 1. The SMILES string of the molecule is Cc1cc(C)cc(-c2[nH]c3sc(C(C)(C)C(=O)C4C5CCN4CC5)cc3c2CN2CCN(CC(=O)N3CCCC3)CC2)c1. The molecule has 0 spiro atoms. The van der Waals surface area contributed by atoms with Crippen LogP contribution >= 0.6 is 11.3 Å². The largest absolute Gasteiger partial charge is 0.346 e. The maximum absolute atomic E-state index is 14.0. The van der Waals surface area contributed by atoms with Crippen molar-refractivity contribution in [3.63, 3.8) is 0 Å². The highest BCUT2D eigenvalue weighted by atomic mass is 32.1. The molecular weight excluding hydrogens is 554 g/mol. The van der Waals surface area contributed by atoms with Gasteiger partial charge in [0.2, 0.25) is 5.91 Å². The van der Waals surface area contributed by atoms with Gasteiger partial charge in [0.15, 0.2) is 5.78 Å². The number of hydrogen-bond acceptors (Lipinski definition) is 6. The first-order valence-corrected chi connectivity index (χ1v) is 17.2. The number of nitrogens with zero attached hydrogens (tertiary/aromatic N) is 4. The van der Waals surface area contributed by atoms with E-state index in [0.717, 1.165) is 71.7 Å². The van der Waals surface area contributed by atoms with Gasteiger partial charge in [-0.3, -0.25) is 24.3 Å². The van der Waals surface area contributed by atoms with Crippen molar-refractivity contribution < 1.29 is 9.59 Å². The molecule has 1 N–H and O–H groups in total. The van der Waals surface area contributed by atoms with E-state index in [2.05, 4.69) is 71.6 Å². The zero-order valence-electron chi connectivity index (χ0n) is 26.4. The number of rotatable bonds is 8. The van der Waals surface area contributed by atoms with Crippen LogP contribution in [0.1, 0.15) is 61.1 Å². The van der Waals surface area contributed by atoms with Crippen LogP contribution in [0.4, 0.5) is 0 Å². The lowest BCUT2D eigenvalue weighted by Gasteiger charge is -2.35. The number of amides is 1. The van der Waals surface area contributed by atoms with Crippen molar-refractivity contribution in [1.82, 2.24) is 24.6 Å². The summed E-state index contributed by atoms with van der Waals surface area (Å²) >= 11 is 1.77. The minimum Gasteiger partial charge on any atom is -0.346 e. The van der Waals surface area contributed by atoms with Crippen LogP contribution in [0.15, 0.2) is 24.3 Å². The van der Waals surface area contributed by atoms with Crippen molar-refractivity contribution in [2.45, 2.75) is 71.4 Å². The van der Waals surface area contributed by atoms with Gasteiger partial charge in [-0.25, -0.2) is 0 Å². The first-order valence-electron chi connectivity index (χ1n) is 16.4. The van der Waals surface area contributed by atoms with Crippen LogP contribution in [0, 0.1) is 19.8 Å². The van der Waals surface area contributed by atoms with Gasteiger partial charge in [0, 0.05) is 61.6 Å². The monoisotopic (exact) mass is 601 g/mol. The number of benzene rings is 1.